The molecule has 1 aromatic rings. The van der Waals surface area contributed by atoms with Gasteiger partial charge in [0.15, 0.2) is 0 Å². The molecule has 0 saturated carbocycles. The molecular formula is C10H6BrF3O3. The number of hydrogen-bond donors (Lipinski definition) is 1. The molecule has 0 radical (unpaired) electrons. The third-order valence-electron chi connectivity index (χ3n) is 1.61. The summed E-state index contributed by atoms with van der Waals surface area (Å²) in [5.74, 6) is -1.73. The van der Waals surface area contributed by atoms with Gasteiger partial charge in [0, 0.05) is 16.1 Å². The molecule has 0 aromatic heterocycles. The fourth-order valence-corrected chi connectivity index (χ4v) is 1.36. The van der Waals surface area contributed by atoms with Crippen LogP contribution in [0.4, 0.5) is 13.2 Å². The van der Waals surface area contributed by atoms with Gasteiger partial charge in [-0.15, -0.1) is 13.2 Å². The molecule has 0 fully saturated rings. The van der Waals surface area contributed by atoms with E-state index in [9.17, 15) is 18.0 Å². The molecule has 0 atom stereocenters. The minimum Gasteiger partial charge on any atom is -0.478 e. The van der Waals surface area contributed by atoms with Gasteiger partial charge in [-0.05, 0) is 18.2 Å². The van der Waals surface area contributed by atoms with E-state index in [-0.39, 0.29) is 5.56 Å². The van der Waals surface area contributed by atoms with Crippen molar-refractivity contribution in [2.24, 2.45) is 0 Å². The summed E-state index contributed by atoms with van der Waals surface area (Å²) in [6, 6.07) is 3.89. The Hall–Kier alpha value is -1.50. The van der Waals surface area contributed by atoms with Crippen LogP contribution in [0, 0.1) is 0 Å². The molecule has 0 bridgehead atoms. The van der Waals surface area contributed by atoms with Gasteiger partial charge in [0.25, 0.3) is 0 Å². The third-order valence-corrected chi connectivity index (χ3v) is 2.10. The maximum Gasteiger partial charge on any atom is 0.573 e. The largest absolute Gasteiger partial charge is 0.573 e. The Kier molecular flexibility index (Phi) is 4.17. The maximum absolute atomic E-state index is 12.1. The van der Waals surface area contributed by atoms with E-state index in [0.717, 1.165) is 18.2 Å². The number of rotatable bonds is 3. The lowest BCUT2D eigenvalue weighted by Crippen LogP contribution is -2.17. The van der Waals surface area contributed by atoms with Crippen LogP contribution in [0.2, 0.25) is 0 Å². The van der Waals surface area contributed by atoms with E-state index in [1.165, 1.54) is 12.1 Å². The first-order chi connectivity index (χ1) is 7.78. The lowest BCUT2D eigenvalue weighted by molar-refractivity contribution is -0.274. The van der Waals surface area contributed by atoms with Crippen LogP contribution in [0.5, 0.6) is 5.75 Å². The highest BCUT2D eigenvalue weighted by Gasteiger charge is 2.31. The van der Waals surface area contributed by atoms with E-state index >= 15 is 0 Å². The predicted octanol–water partition coefficient (Wildman–Crippen LogP) is 3.45. The van der Waals surface area contributed by atoms with E-state index in [4.69, 9.17) is 5.11 Å². The molecule has 0 aliphatic heterocycles. The van der Waals surface area contributed by atoms with Gasteiger partial charge in [0.05, 0.1) is 0 Å². The molecule has 0 aliphatic rings. The second-order valence-corrected chi connectivity index (χ2v) is 3.82. The van der Waals surface area contributed by atoms with Gasteiger partial charge in [0.2, 0.25) is 0 Å². The number of carboxylic acids is 1. The van der Waals surface area contributed by atoms with Crippen LogP contribution in [-0.4, -0.2) is 17.4 Å². The molecule has 1 aromatic carbocycles. The van der Waals surface area contributed by atoms with Crippen molar-refractivity contribution >= 4 is 28.0 Å². The summed E-state index contributed by atoms with van der Waals surface area (Å²) in [5, 5.41) is 8.39. The molecule has 17 heavy (non-hydrogen) atoms. The number of carboxylic acid groups (broad SMARTS) is 1. The Balaban J connectivity index is 3.08. The average Bonchev–Trinajstić information content (AvgIpc) is 2.13. The summed E-state index contributed by atoms with van der Waals surface area (Å²) in [5.41, 5.74) is 0.0212. The zero-order valence-electron chi connectivity index (χ0n) is 8.16. The van der Waals surface area contributed by atoms with E-state index in [0.29, 0.717) is 4.47 Å². The highest BCUT2D eigenvalue weighted by molar-refractivity contribution is 9.10. The smallest absolute Gasteiger partial charge is 0.478 e. The quantitative estimate of drug-likeness (QED) is 0.870. The van der Waals surface area contributed by atoms with Gasteiger partial charge in [-0.3, -0.25) is 0 Å². The van der Waals surface area contributed by atoms with Crippen LogP contribution in [0.25, 0.3) is 6.08 Å². The fraction of sp³-hybridized carbons (Fsp3) is 0.100. The standard InChI is InChI=1S/C10H6BrF3O3/c11-7-3-1-6(2-4-9(15)16)8(5-7)17-10(12,13)14/h1-5H,(H,15,16). The molecule has 3 nitrogen and oxygen atoms in total. The Morgan fingerprint density at radius 3 is 2.59 bits per heavy atom. The molecule has 0 saturated heterocycles. The highest BCUT2D eigenvalue weighted by Crippen LogP contribution is 2.30. The normalized spacial score (nSPS) is 11.8. The van der Waals surface area contributed by atoms with E-state index in [2.05, 4.69) is 20.7 Å². The number of halogens is 4. The first kappa shape index (κ1) is 13.6. The molecule has 92 valence electrons. The molecule has 1 N–H and O–H groups in total. The topological polar surface area (TPSA) is 46.5 Å². The van der Waals surface area contributed by atoms with Gasteiger partial charge < -0.3 is 9.84 Å². The van der Waals surface area contributed by atoms with Crippen molar-refractivity contribution in [3.05, 3.63) is 34.3 Å². The van der Waals surface area contributed by atoms with Crippen molar-refractivity contribution in [3.63, 3.8) is 0 Å². The Bertz CT molecular complexity index is 455. The molecule has 1 rings (SSSR count). The van der Waals surface area contributed by atoms with Crippen LogP contribution >= 0.6 is 15.9 Å². The summed E-state index contributed by atoms with van der Waals surface area (Å²) in [6.07, 6.45) is -3.07. The van der Waals surface area contributed by atoms with Crippen molar-refractivity contribution in [1.29, 1.82) is 0 Å². The van der Waals surface area contributed by atoms with E-state index < -0.39 is 18.1 Å². The summed E-state index contributed by atoms with van der Waals surface area (Å²) in [6.45, 7) is 0. The molecule has 0 unspecified atom stereocenters. The second-order valence-electron chi connectivity index (χ2n) is 2.90. The molecule has 0 heterocycles. The first-order valence-corrected chi connectivity index (χ1v) is 5.03. The number of carbonyl (C=O) groups is 1. The number of ether oxygens (including phenoxy) is 1. The maximum atomic E-state index is 12.1. The van der Waals surface area contributed by atoms with Crippen LogP contribution in [0.15, 0.2) is 28.7 Å². The Labute approximate surface area is 103 Å². The zero-order chi connectivity index (χ0) is 13.1. The van der Waals surface area contributed by atoms with Gasteiger partial charge in [-0.25, -0.2) is 4.79 Å². The van der Waals surface area contributed by atoms with E-state index in [1.54, 1.807) is 0 Å². The van der Waals surface area contributed by atoms with Crippen LogP contribution < -0.4 is 4.74 Å². The van der Waals surface area contributed by atoms with Crippen LogP contribution in [0.1, 0.15) is 5.56 Å². The number of benzene rings is 1. The summed E-state index contributed by atoms with van der Waals surface area (Å²) < 4.78 is 40.4. The van der Waals surface area contributed by atoms with Gasteiger partial charge in [0.1, 0.15) is 5.75 Å². The van der Waals surface area contributed by atoms with Crippen LogP contribution in [-0.2, 0) is 4.79 Å². The molecule has 0 spiro atoms. The number of aliphatic carboxylic acids is 1. The van der Waals surface area contributed by atoms with Crippen molar-refractivity contribution in [1.82, 2.24) is 0 Å². The molecular weight excluding hydrogens is 305 g/mol. The SMILES string of the molecule is O=C(O)C=Cc1ccc(Br)cc1OC(F)(F)F. The Morgan fingerprint density at radius 1 is 1.41 bits per heavy atom. The summed E-state index contributed by atoms with van der Waals surface area (Å²) >= 11 is 3.00. The first-order valence-electron chi connectivity index (χ1n) is 4.24. The van der Waals surface area contributed by atoms with Gasteiger partial charge in [-0.1, -0.05) is 22.0 Å². The molecule has 0 aliphatic carbocycles. The van der Waals surface area contributed by atoms with E-state index in [1.807, 2.05) is 0 Å². The zero-order valence-corrected chi connectivity index (χ0v) is 9.75. The van der Waals surface area contributed by atoms with Crippen molar-refractivity contribution in [2.45, 2.75) is 6.36 Å². The van der Waals surface area contributed by atoms with Gasteiger partial charge in [-0.2, -0.15) is 0 Å². The monoisotopic (exact) mass is 310 g/mol. The highest BCUT2D eigenvalue weighted by atomic mass is 79.9. The van der Waals surface area contributed by atoms with Crippen molar-refractivity contribution in [2.75, 3.05) is 0 Å². The second kappa shape index (κ2) is 5.22. The average molecular weight is 311 g/mol. The minimum atomic E-state index is -4.83. The third kappa shape index (κ3) is 4.90. The van der Waals surface area contributed by atoms with Crippen molar-refractivity contribution < 1.29 is 27.8 Å². The van der Waals surface area contributed by atoms with Gasteiger partial charge >= 0.3 is 12.3 Å². The van der Waals surface area contributed by atoms with Crippen molar-refractivity contribution in [3.8, 4) is 5.75 Å². The van der Waals surface area contributed by atoms with Crippen LogP contribution in [0.3, 0.4) is 0 Å². The molecule has 7 heteroatoms. The Morgan fingerprint density at radius 2 is 2.06 bits per heavy atom. The number of hydrogen-bond acceptors (Lipinski definition) is 2. The summed E-state index contributed by atoms with van der Waals surface area (Å²) in [4.78, 5) is 10.3. The lowest BCUT2D eigenvalue weighted by Gasteiger charge is -2.11. The predicted molar refractivity (Wildman–Crippen MR) is 57.5 cm³/mol. The molecule has 0 amide bonds. The number of alkyl halides is 3. The minimum absolute atomic E-state index is 0.0212. The lowest BCUT2D eigenvalue weighted by atomic mass is 10.2. The summed E-state index contributed by atoms with van der Waals surface area (Å²) in [7, 11) is 0. The fourth-order valence-electron chi connectivity index (χ4n) is 1.02.